The second kappa shape index (κ2) is 6.63. The summed E-state index contributed by atoms with van der Waals surface area (Å²) in [6, 6.07) is -0.515. The maximum absolute atomic E-state index is 12.2. The molecule has 1 unspecified atom stereocenters. The maximum Gasteiger partial charge on any atom is 0.323 e. The highest BCUT2D eigenvalue weighted by Crippen LogP contribution is 2.22. The lowest BCUT2D eigenvalue weighted by Gasteiger charge is -2.28. The quantitative estimate of drug-likeness (QED) is 0.776. The Balaban J connectivity index is 2.75. The smallest absolute Gasteiger partial charge is 0.323 e. The van der Waals surface area contributed by atoms with E-state index in [4.69, 9.17) is 5.11 Å². The van der Waals surface area contributed by atoms with Crippen LogP contribution in [0.1, 0.15) is 20.3 Å². The molecule has 0 radical (unpaired) electrons. The fraction of sp³-hybridized carbons (Fsp3) is 0.727. The molecule has 18 heavy (non-hydrogen) atoms. The largest absolute Gasteiger partial charge is 0.480 e. The molecule has 1 rings (SSSR count). The number of hydrogen-bond acceptors (Lipinski definition) is 4. The van der Waals surface area contributed by atoms with Gasteiger partial charge in [-0.2, -0.15) is 0 Å². The Kier molecular flexibility index (Phi) is 5.46. The lowest BCUT2D eigenvalue weighted by Crippen LogP contribution is -2.50. The van der Waals surface area contributed by atoms with Crippen LogP contribution in [0.25, 0.3) is 0 Å². The van der Waals surface area contributed by atoms with Crippen LogP contribution in [-0.2, 0) is 14.4 Å². The molecule has 0 saturated carbocycles. The number of carboxylic acid groups (broad SMARTS) is 1. The van der Waals surface area contributed by atoms with Gasteiger partial charge in [0.25, 0.3) is 0 Å². The van der Waals surface area contributed by atoms with Crippen molar-refractivity contribution in [1.29, 1.82) is 0 Å². The third kappa shape index (κ3) is 3.63. The lowest BCUT2D eigenvalue weighted by atomic mass is 10.2. The first-order chi connectivity index (χ1) is 8.47. The Morgan fingerprint density at radius 2 is 2.11 bits per heavy atom. The van der Waals surface area contributed by atoms with Gasteiger partial charge in [0.15, 0.2) is 0 Å². The van der Waals surface area contributed by atoms with E-state index in [1.165, 1.54) is 28.5 Å². The summed E-state index contributed by atoms with van der Waals surface area (Å²) in [6.45, 7) is 3.40. The Hall–Kier alpha value is -1.24. The molecule has 1 atom stereocenters. The van der Waals surface area contributed by atoms with E-state index in [1.54, 1.807) is 0 Å². The van der Waals surface area contributed by atoms with Crippen molar-refractivity contribution in [1.82, 2.24) is 9.80 Å². The number of rotatable bonds is 5. The minimum Gasteiger partial charge on any atom is -0.480 e. The fourth-order valence-corrected chi connectivity index (χ4v) is 3.08. The van der Waals surface area contributed by atoms with Gasteiger partial charge in [-0.3, -0.25) is 14.4 Å². The van der Waals surface area contributed by atoms with Crippen molar-refractivity contribution in [3.63, 3.8) is 0 Å². The standard InChI is InChI=1S/C11H18N2O4S/c1-3-4-12(5-10(15)16)11(17)9-6-18-7-13(9)8(2)14/h9H,3-7H2,1-2H3,(H,15,16). The molecular weight excluding hydrogens is 256 g/mol. The van der Waals surface area contributed by atoms with E-state index >= 15 is 0 Å². The van der Waals surface area contributed by atoms with Gasteiger partial charge >= 0.3 is 5.97 Å². The van der Waals surface area contributed by atoms with Crippen LogP contribution in [0.5, 0.6) is 0 Å². The van der Waals surface area contributed by atoms with Gasteiger partial charge in [0.1, 0.15) is 12.6 Å². The maximum atomic E-state index is 12.2. The predicted molar refractivity (Wildman–Crippen MR) is 68.1 cm³/mol. The molecule has 0 aliphatic carbocycles. The van der Waals surface area contributed by atoms with Gasteiger partial charge in [-0.1, -0.05) is 6.92 Å². The van der Waals surface area contributed by atoms with Crippen molar-refractivity contribution in [3.8, 4) is 0 Å². The van der Waals surface area contributed by atoms with Gasteiger partial charge in [0, 0.05) is 19.2 Å². The number of aliphatic carboxylic acids is 1. The number of carbonyl (C=O) groups is 3. The van der Waals surface area contributed by atoms with E-state index in [1.807, 2.05) is 6.92 Å². The third-order valence-electron chi connectivity index (χ3n) is 2.70. The van der Waals surface area contributed by atoms with Crippen molar-refractivity contribution in [2.75, 3.05) is 24.7 Å². The van der Waals surface area contributed by atoms with Gasteiger partial charge in [-0.15, -0.1) is 11.8 Å². The first-order valence-electron chi connectivity index (χ1n) is 5.83. The number of carboxylic acids is 1. The Morgan fingerprint density at radius 1 is 1.44 bits per heavy atom. The highest BCUT2D eigenvalue weighted by Gasteiger charge is 2.35. The molecule has 1 N–H and O–H groups in total. The van der Waals surface area contributed by atoms with Crippen molar-refractivity contribution < 1.29 is 19.5 Å². The summed E-state index contributed by atoms with van der Waals surface area (Å²) in [5.74, 6) is -0.404. The molecule has 6 nitrogen and oxygen atoms in total. The first kappa shape index (κ1) is 14.8. The van der Waals surface area contributed by atoms with E-state index in [2.05, 4.69) is 0 Å². The molecule has 1 aliphatic heterocycles. The van der Waals surface area contributed by atoms with Gasteiger partial charge in [-0.05, 0) is 6.42 Å². The second-order valence-electron chi connectivity index (χ2n) is 4.16. The topological polar surface area (TPSA) is 77.9 Å². The molecule has 102 valence electrons. The number of carbonyl (C=O) groups excluding carboxylic acids is 2. The van der Waals surface area contributed by atoms with Crippen molar-refractivity contribution >= 4 is 29.5 Å². The van der Waals surface area contributed by atoms with Crippen molar-refractivity contribution in [3.05, 3.63) is 0 Å². The zero-order valence-electron chi connectivity index (χ0n) is 10.6. The van der Waals surface area contributed by atoms with Crippen LogP contribution in [0, 0.1) is 0 Å². The monoisotopic (exact) mass is 274 g/mol. The summed E-state index contributed by atoms with van der Waals surface area (Å²) >= 11 is 1.51. The summed E-state index contributed by atoms with van der Waals surface area (Å²) in [5, 5.41) is 8.80. The molecule has 1 aliphatic rings. The van der Waals surface area contributed by atoms with Crippen LogP contribution in [0.2, 0.25) is 0 Å². The molecule has 0 aromatic carbocycles. The molecule has 1 fully saturated rings. The van der Waals surface area contributed by atoms with E-state index in [-0.39, 0.29) is 18.4 Å². The molecule has 0 aromatic heterocycles. The van der Waals surface area contributed by atoms with Crippen LogP contribution < -0.4 is 0 Å². The SMILES string of the molecule is CCCN(CC(=O)O)C(=O)C1CSCN1C(C)=O. The summed E-state index contributed by atoms with van der Waals surface area (Å²) in [6.07, 6.45) is 0.693. The molecule has 2 amide bonds. The zero-order valence-corrected chi connectivity index (χ0v) is 11.4. The van der Waals surface area contributed by atoms with E-state index in [9.17, 15) is 14.4 Å². The van der Waals surface area contributed by atoms with Crippen LogP contribution in [-0.4, -0.2) is 63.5 Å². The number of nitrogens with zero attached hydrogens (tertiary/aromatic N) is 2. The zero-order chi connectivity index (χ0) is 13.7. The number of hydrogen-bond donors (Lipinski definition) is 1. The summed E-state index contributed by atoms with van der Waals surface area (Å²) < 4.78 is 0. The molecule has 1 heterocycles. The number of amides is 2. The molecule has 1 saturated heterocycles. The predicted octanol–water partition coefficient (Wildman–Crippen LogP) is 0.231. The van der Waals surface area contributed by atoms with Gasteiger partial charge in [0.2, 0.25) is 11.8 Å². The molecule has 7 heteroatoms. The number of thioether (sulfide) groups is 1. The second-order valence-corrected chi connectivity index (χ2v) is 5.16. The van der Waals surface area contributed by atoms with Gasteiger partial charge < -0.3 is 14.9 Å². The van der Waals surface area contributed by atoms with Crippen LogP contribution in [0.3, 0.4) is 0 Å². The molecule has 0 aromatic rings. The first-order valence-corrected chi connectivity index (χ1v) is 6.98. The fourth-order valence-electron chi connectivity index (χ4n) is 1.87. The normalized spacial score (nSPS) is 18.8. The molecular formula is C11H18N2O4S. The minimum atomic E-state index is -1.03. The van der Waals surface area contributed by atoms with E-state index in [0.29, 0.717) is 24.6 Å². The van der Waals surface area contributed by atoms with Crippen molar-refractivity contribution in [2.24, 2.45) is 0 Å². The van der Waals surface area contributed by atoms with Crippen LogP contribution in [0.4, 0.5) is 0 Å². The average molecular weight is 274 g/mol. The summed E-state index contributed by atoms with van der Waals surface area (Å²) in [7, 11) is 0. The van der Waals surface area contributed by atoms with Gasteiger partial charge in [-0.25, -0.2) is 0 Å². The summed E-state index contributed by atoms with van der Waals surface area (Å²) in [5.41, 5.74) is 0. The van der Waals surface area contributed by atoms with Gasteiger partial charge in [0.05, 0.1) is 5.88 Å². The van der Waals surface area contributed by atoms with Crippen molar-refractivity contribution in [2.45, 2.75) is 26.3 Å². The van der Waals surface area contributed by atoms with Crippen LogP contribution >= 0.6 is 11.8 Å². The highest BCUT2D eigenvalue weighted by atomic mass is 32.2. The van der Waals surface area contributed by atoms with Crippen LogP contribution in [0.15, 0.2) is 0 Å². The Morgan fingerprint density at radius 3 is 2.61 bits per heavy atom. The van der Waals surface area contributed by atoms with E-state index in [0.717, 1.165) is 0 Å². The average Bonchev–Trinajstić information content (AvgIpc) is 2.75. The third-order valence-corrected chi connectivity index (χ3v) is 3.72. The summed E-state index contributed by atoms with van der Waals surface area (Å²) in [4.78, 5) is 37.2. The lowest BCUT2D eigenvalue weighted by molar-refractivity contribution is -0.148. The Bertz CT molecular complexity index is 348. The van der Waals surface area contributed by atoms with E-state index < -0.39 is 12.0 Å². The molecule has 0 bridgehead atoms. The highest BCUT2D eigenvalue weighted by molar-refractivity contribution is 7.99. The molecule has 0 spiro atoms. The Labute approximate surface area is 110 Å². The minimum absolute atomic E-state index is 0.148.